The highest BCUT2D eigenvalue weighted by atomic mass is 16.6. The average molecular weight is 331 g/mol. The fraction of sp³-hybridized carbons (Fsp3) is 0.550. The summed E-state index contributed by atoms with van der Waals surface area (Å²) in [5.41, 5.74) is 0.0171. The second-order valence-corrected chi connectivity index (χ2v) is 7.69. The minimum absolute atomic E-state index is 0.00853. The predicted molar refractivity (Wildman–Crippen MR) is 95.9 cm³/mol. The van der Waals surface area contributed by atoms with E-state index in [-0.39, 0.29) is 22.9 Å². The highest BCUT2D eigenvalue weighted by Crippen LogP contribution is 2.38. The first-order valence-corrected chi connectivity index (χ1v) is 8.50. The molecule has 0 aromatic heterocycles. The Labute approximate surface area is 145 Å². The summed E-state index contributed by atoms with van der Waals surface area (Å²) in [4.78, 5) is 14.8. The van der Waals surface area contributed by atoms with E-state index in [1.807, 2.05) is 18.2 Å². The van der Waals surface area contributed by atoms with Gasteiger partial charge in [0.2, 0.25) is 5.76 Å². The molecule has 2 rings (SSSR count). The zero-order valence-corrected chi connectivity index (χ0v) is 15.6. The molecule has 1 heterocycles. The van der Waals surface area contributed by atoms with Gasteiger partial charge in [0.15, 0.2) is 0 Å². The molecule has 1 saturated heterocycles. The highest BCUT2D eigenvalue weighted by molar-refractivity contribution is 5.88. The first kappa shape index (κ1) is 18.5. The lowest BCUT2D eigenvalue weighted by atomic mass is 9.79. The number of esters is 1. The molecule has 0 saturated carbocycles. The summed E-state index contributed by atoms with van der Waals surface area (Å²) in [5.74, 6) is 0.354. The Kier molecular flexibility index (Phi) is 5.38. The van der Waals surface area contributed by atoms with Gasteiger partial charge in [0, 0.05) is 23.9 Å². The third kappa shape index (κ3) is 4.18. The summed E-state index contributed by atoms with van der Waals surface area (Å²) in [6, 6.07) is 9.06. The predicted octanol–water partition coefficient (Wildman–Crippen LogP) is 4.16. The maximum atomic E-state index is 12.4. The van der Waals surface area contributed by atoms with E-state index in [0.29, 0.717) is 5.75 Å². The maximum absolute atomic E-state index is 12.4. The zero-order chi connectivity index (χ0) is 18.0. The Morgan fingerprint density at radius 3 is 2.17 bits per heavy atom. The van der Waals surface area contributed by atoms with Gasteiger partial charge in [-0.3, -0.25) is 4.90 Å². The summed E-state index contributed by atoms with van der Waals surface area (Å²) < 4.78 is 11.4. The quantitative estimate of drug-likeness (QED) is 0.359. The van der Waals surface area contributed by atoms with Crippen LogP contribution in [0, 0.1) is 0 Å². The average Bonchev–Trinajstić information content (AvgIpc) is 2.50. The lowest BCUT2D eigenvalue weighted by Gasteiger charge is -2.53. The molecule has 0 unspecified atom stereocenters. The molecule has 0 bridgehead atoms. The first-order valence-electron chi connectivity index (χ1n) is 8.50. The molecular formula is C20H29NO3. The van der Waals surface area contributed by atoms with Crippen molar-refractivity contribution in [2.75, 3.05) is 7.05 Å². The SMILES string of the molecule is CC=C(OC1CC(C)(C)N(C)C(C)(C)C1)C(=O)Oc1ccccc1. The van der Waals surface area contributed by atoms with Crippen molar-refractivity contribution in [3.63, 3.8) is 0 Å². The van der Waals surface area contributed by atoms with Gasteiger partial charge in [-0.25, -0.2) is 4.79 Å². The van der Waals surface area contributed by atoms with Crippen LogP contribution >= 0.6 is 0 Å². The van der Waals surface area contributed by atoms with Crippen LogP contribution in [0.4, 0.5) is 0 Å². The van der Waals surface area contributed by atoms with Crippen molar-refractivity contribution in [2.24, 2.45) is 0 Å². The molecule has 0 spiro atoms. The number of ether oxygens (including phenoxy) is 2. The van der Waals surface area contributed by atoms with Crippen LogP contribution in [0.3, 0.4) is 0 Å². The minimum atomic E-state index is -0.446. The Balaban J connectivity index is 2.06. The van der Waals surface area contributed by atoms with Gasteiger partial charge < -0.3 is 9.47 Å². The number of piperidine rings is 1. The summed E-state index contributed by atoms with van der Waals surface area (Å²) in [6.45, 7) is 10.6. The highest BCUT2D eigenvalue weighted by Gasteiger charge is 2.44. The standard InChI is InChI=1S/C20H29NO3/c1-7-17(18(22)24-15-11-9-8-10-12-15)23-16-13-19(2,3)21(6)20(4,5)14-16/h7-12,16H,13-14H2,1-6H3. The Bertz CT molecular complexity index is 587. The van der Waals surface area contributed by atoms with E-state index in [4.69, 9.17) is 9.47 Å². The Morgan fingerprint density at radius 1 is 1.12 bits per heavy atom. The summed E-state index contributed by atoms with van der Waals surface area (Å²) in [5, 5.41) is 0. The van der Waals surface area contributed by atoms with Gasteiger partial charge in [-0.2, -0.15) is 0 Å². The van der Waals surface area contributed by atoms with Gasteiger partial charge in [0.25, 0.3) is 0 Å². The molecule has 4 nitrogen and oxygen atoms in total. The second kappa shape index (κ2) is 6.98. The van der Waals surface area contributed by atoms with Crippen LogP contribution < -0.4 is 4.74 Å². The van der Waals surface area contributed by atoms with E-state index < -0.39 is 5.97 Å². The van der Waals surface area contributed by atoms with Crippen molar-refractivity contribution in [2.45, 2.75) is 64.6 Å². The Hall–Kier alpha value is -1.81. The third-order valence-electron chi connectivity index (χ3n) is 4.98. The van der Waals surface area contributed by atoms with Gasteiger partial charge in [-0.15, -0.1) is 0 Å². The smallest absolute Gasteiger partial charge is 0.378 e. The van der Waals surface area contributed by atoms with Gasteiger partial charge in [0.05, 0.1) is 0 Å². The first-order chi connectivity index (χ1) is 11.2. The van der Waals surface area contributed by atoms with E-state index in [9.17, 15) is 4.79 Å². The summed E-state index contributed by atoms with van der Waals surface area (Å²) in [7, 11) is 2.15. The molecule has 0 radical (unpaired) electrons. The zero-order valence-electron chi connectivity index (χ0n) is 15.6. The second-order valence-electron chi connectivity index (χ2n) is 7.69. The van der Waals surface area contributed by atoms with Crippen LogP contribution in [0.2, 0.25) is 0 Å². The number of allylic oxidation sites excluding steroid dienone is 1. The molecule has 24 heavy (non-hydrogen) atoms. The fourth-order valence-corrected chi connectivity index (χ4v) is 3.42. The van der Waals surface area contributed by atoms with E-state index >= 15 is 0 Å². The topological polar surface area (TPSA) is 38.8 Å². The molecule has 1 aliphatic rings. The number of likely N-dealkylation sites (tertiary alicyclic amines) is 1. The molecule has 0 amide bonds. The number of hydrogen-bond donors (Lipinski definition) is 0. The molecule has 1 aromatic rings. The van der Waals surface area contributed by atoms with Gasteiger partial charge in [-0.05, 0) is 59.9 Å². The van der Waals surface area contributed by atoms with Crippen molar-refractivity contribution < 1.29 is 14.3 Å². The molecule has 1 aromatic carbocycles. The summed E-state index contributed by atoms with van der Waals surface area (Å²) >= 11 is 0. The number of benzene rings is 1. The lowest BCUT2D eigenvalue weighted by molar-refractivity contribution is -0.138. The van der Waals surface area contributed by atoms with Crippen molar-refractivity contribution in [1.82, 2.24) is 4.90 Å². The van der Waals surface area contributed by atoms with Crippen LogP contribution in [0.1, 0.15) is 47.5 Å². The third-order valence-corrected chi connectivity index (χ3v) is 4.98. The number of carbonyl (C=O) groups excluding carboxylic acids is 1. The number of carbonyl (C=O) groups is 1. The van der Waals surface area contributed by atoms with Crippen LogP contribution in [0.25, 0.3) is 0 Å². The van der Waals surface area contributed by atoms with Crippen LogP contribution in [-0.4, -0.2) is 35.1 Å². The van der Waals surface area contributed by atoms with E-state index in [0.717, 1.165) is 12.8 Å². The molecular weight excluding hydrogens is 302 g/mol. The van der Waals surface area contributed by atoms with E-state index in [2.05, 4.69) is 39.6 Å². The van der Waals surface area contributed by atoms with Gasteiger partial charge in [-0.1, -0.05) is 18.2 Å². The number of hydrogen-bond acceptors (Lipinski definition) is 4. The largest absolute Gasteiger partial charge is 0.483 e. The molecule has 0 N–H and O–H groups in total. The Morgan fingerprint density at radius 2 is 1.67 bits per heavy atom. The molecule has 1 aliphatic heterocycles. The lowest BCUT2D eigenvalue weighted by Crippen LogP contribution is -2.60. The fourth-order valence-electron chi connectivity index (χ4n) is 3.42. The van der Waals surface area contributed by atoms with Crippen LogP contribution in [-0.2, 0) is 9.53 Å². The minimum Gasteiger partial charge on any atom is -0.483 e. The van der Waals surface area contributed by atoms with E-state index in [1.54, 1.807) is 25.1 Å². The van der Waals surface area contributed by atoms with Crippen molar-refractivity contribution >= 4 is 5.97 Å². The maximum Gasteiger partial charge on any atom is 0.378 e. The molecule has 4 heteroatoms. The monoisotopic (exact) mass is 331 g/mol. The molecule has 0 aliphatic carbocycles. The molecule has 1 fully saturated rings. The van der Waals surface area contributed by atoms with Gasteiger partial charge >= 0.3 is 5.97 Å². The van der Waals surface area contributed by atoms with Crippen molar-refractivity contribution in [1.29, 1.82) is 0 Å². The van der Waals surface area contributed by atoms with Crippen LogP contribution in [0.15, 0.2) is 42.2 Å². The van der Waals surface area contributed by atoms with Crippen molar-refractivity contribution in [3.05, 3.63) is 42.2 Å². The van der Waals surface area contributed by atoms with E-state index in [1.165, 1.54) is 0 Å². The number of rotatable bonds is 4. The number of para-hydroxylation sites is 1. The number of nitrogens with zero attached hydrogens (tertiary/aromatic N) is 1. The summed E-state index contributed by atoms with van der Waals surface area (Å²) in [6.07, 6.45) is 3.40. The van der Waals surface area contributed by atoms with Crippen molar-refractivity contribution in [3.8, 4) is 5.75 Å². The molecule has 0 atom stereocenters. The molecule has 132 valence electrons. The normalized spacial score (nSPS) is 21.3. The van der Waals surface area contributed by atoms with Crippen LogP contribution in [0.5, 0.6) is 5.75 Å². The van der Waals surface area contributed by atoms with Gasteiger partial charge in [0.1, 0.15) is 11.9 Å².